The van der Waals surface area contributed by atoms with E-state index in [0.29, 0.717) is 6.04 Å². The largest absolute Gasteiger partial charge is 0.310 e. The molecule has 1 N–H and O–H groups in total. The van der Waals surface area contributed by atoms with Crippen LogP contribution in [-0.4, -0.2) is 6.54 Å². The van der Waals surface area contributed by atoms with Gasteiger partial charge < -0.3 is 5.32 Å². The van der Waals surface area contributed by atoms with Crippen molar-refractivity contribution in [1.82, 2.24) is 5.32 Å². The van der Waals surface area contributed by atoms with Gasteiger partial charge in [0.15, 0.2) is 0 Å². The fraction of sp³-hybridized carbons (Fsp3) is 0.412. The molecule has 1 aliphatic carbocycles. The molecule has 1 nitrogen and oxygen atoms in total. The van der Waals surface area contributed by atoms with Crippen LogP contribution in [0.2, 0.25) is 0 Å². The average molecular weight is 397 g/mol. The summed E-state index contributed by atoms with van der Waals surface area (Å²) in [5, 5.41) is 3.76. The summed E-state index contributed by atoms with van der Waals surface area (Å²) in [5.74, 6) is 0. The van der Waals surface area contributed by atoms with Crippen LogP contribution >= 0.6 is 33.9 Å². The zero-order valence-electron chi connectivity index (χ0n) is 11.6. The molecular weight excluding hydrogens is 377 g/mol. The molecule has 0 saturated heterocycles. The van der Waals surface area contributed by atoms with Gasteiger partial charge in [-0.05, 0) is 78.4 Å². The topological polar surface area (TPSA) is 12.0 Å². The van der Waals surface area contributed by atoms with Gasteiger partial charge in [0.25, 0.3) is 0 Å². The lowest BCUT2D eigenvalue weighted by molar-refractivity contribution is 0.459. The number of hydrogen-bond donors (Lipinski definition) is 1. The van der Waals surface area contributed by atoms with Crippen molar-refractivity contribution in [2.45, 2.75) is 38.1 Å². The number of benzene rings is 1. The molecule has 1 aromatic heterocycles. The Bertz CT molecular complexity index is 549. The van der Waals surface area contributed by atoms with E-state index in [-0.39, 0.29) is 0 Å². The second-order valence-corrected chi connectivity index (χ2v) is 8.45. The van der Waals surface area contributed by atoms with E-state index in [1.165, 1.54) is 40.6 Å². The second-order valence-electron chi connectivity index (χ2n) is 5.42. The van der Waals surface area contributed by atoms with E-state index in [2.05, 4.69) is 64.3 Å². The van der Waals surface area contributed by atoms with Gasteiger partial charge in [-0.2, -0.15) is 0 Å². The van der Waals surface area contributed by atoms with Gasteiger partial charge >= 0.3 is 0 Å². The summed E-state index contributed by atoms with van der Waals surface area (Å²) in [5.41, 5.74) is 3.02. The van der Waals surface area contributed by atoms with Gasteiger partial charge in [0, 0.05) is 10.9 Å². The summed E-state index contributed by atoms with van der Waals surface area (Å²) in [6.07, 6.45) is 6.31. The molecule has 3 rings (SSSR count). The lowest BCUT2D eigenvalue weighted by Crippen LogP contribution is -2.25. The van der Waals surface area contributed by atoms with Crippen LogP contribution in [-0.2, 0) is 12.8 Å². The Balaban J connectivity index is 1.50. The van der Waals surface area contributed by atoms with Crippen molar-refractivity contribution >= 4 is 33.9 Å². The van der Waals surface area contributed by atoms with E-state index in [1.54, 1.807) is 10.4 Å². The summed E-state index contributed by atoms with van der Waals surface area (Å²) in [7, 11) is 0. The van der Waals surface area contributed by atoms with E-state index in [4.69, 9.17) is 0 Å². The van der Waals surface area contributed by atoms with Crippen LogP contribution in [0.25, 0.3) is 0 Å². The van der Waals surface area contributed by atoms with Gasteiger partial charge in [-0.1, -0.05) is 30.3 Å². The fourth-order valence-electron chi connectivity index (χ4n) is 2.95. The zero-order valence-corrected chi connectivity index (χ0v) is 14.5. The van der Waals surface area contributed by atoms with Crippen LogP contribution in [0.4, 0.5) is 0 Å². The maximum absolute atomic E-state index is 3.76. The van der Waals surface area contributed by atoms with Crippen LogP contribution in [0.15, 0.2) is 36.4 Å². The number of rotatable bonds is 5. The van der Waals surface area contributed by atoms with E-state index < -0.39 is 0 Å². The van der Waals surface area contributed by atoms with Crippen molar-refractivity contribution in [3.63, 3.8) is 0 Å². The summed E-state index contributed by atoms with van der Waals surface area (Å²) in [6, 6.07) is 13.8. The van der Waals surface area contributed by atoms with Crippen LogP contribution in [0.3, 0.4) is 0 Å². The highest BCUT2D eigenvalue weighted by Crippen LogP contribution is 2.36. The summed E-state index contributed by atoms with van der Waals surface area (Å²) in [4.78, 5) is 1.61. The van der Waals surface area contributed by atoms with Crippen molar-refractivity contribution in [2.24, 2.45) is 0 Å². The number of hydrogen-bond acceptors (Lipinski definition) is 2. The van der Waals surface area contributed by atoms with Crippen LogP contribution in [0, 0.1) is 2.88 Å². The molecule has 0 saturated carbocycles. The Hall–Kier alpha value is -0.390. The third-order valence-electron chi connectivity index (χ3n) is 3.96. The van der Waals surface area contributed by atoms with Crippen LogP contribution in [0.5, 0.6) is 0 Å². The molecular formula is C17H20INS. The van der Waals surface area contributed by atoms with Crippen molar-refractivity contribution in [3.8, 4) is 0 Å². The van der Waals surface area contributed by atoms with Gasteiger partial charge in [0.05, 0.1) is 2.88 Å². The van der Waals surface area contributed by atoms with Crippen molar-refractivity contribution < 1.29 is 0 Å². The Labute approximate surface area is 138 Å². The lowest BCUT2D eigenvalue weighted by Gasteiger charge is -2.23. The first kappa shape index (κ1) is 14.5. The second kappa shape index (κ2) is 7.05. The normalized spacial score (nSPS) is 17.9. The fourth-order valence-corrected chi connectivity index (χ4v) is 5.07. The highest BCUT2D eigenvalue weighted by atomic mass is 127. The number of nitrogens with one attached hydrogen (secondary N) is 1. The predicted molar refractivity (Wildman–Crippen MR) is 95.5 cm³/mol. The molecule has 1 unspecified atom stereocenters. The highest BCUT2D eigenvalue weighted by molar-refractivity contribution is 14.1. The Morgan fingerprint density at radius 3 is 2.95 bits per heavy atom. The first-order chi connectivity index (χ1) is 9.83. The molecule has 0 fully saturated rings. The Kier molecular flexibility index (Phi) is 5.13. The van der Waals surface area contributed by atoms with Crippen molar-refractivity contribution in [2.75, 3.05) is 6.54 Å². The molecule has 1 heterocycles. The van der Waals surface area contributed by atoms with E-state index in [0.717, 1.165) is 6.54 Å². The molecule has 106 valence electrons. The van der Waals surface area contributed by atoms with Crippen LogP contribution < -0.4 is 5.32 Å². The maximum Gasteiger partial charge on any atom is 0.0659 e. The van der Waals surface area contributed by atoms with Gasteiger partial charge in [0.1, 0.15) is 0 Å². The number of thiophene rings is 1. The van der Waals surface area contributed by atoms with E-state index in [1.807, 2.05) is 11.3 Å². The van der Waals surface area contributed by atoms with Gasteiger partial charge in [0.2, 0.25) is 0 Å². The molecule has 1 aliphatic rings. The quantitative estimate of drug-likeness (QED) is 0.556. The smallest absolute Gasteiger partial charge is 0.0659 e. The lowest BCUT2D eigenvalue weighted by atomic mass is 9.94. The summed E-state index contributed by atoms with van der Waals surface area (Å²) in [6.45, 7) is 1.12. The highest BCUT2D eigenvalue weighted by Gasteiger charge is 2.21. The molecule has 3 heteroatoms. The van der Waals surface area contributed by atoms with Gasteiger partial charge in [-0.15, -0.1) is 11.3 Å². The number of halogens is 1. The Morgan fingerprint density at radius 2 is 2.10 bits per heavy atom. The third kappa shape index (κ3) is 3.62. The van der Waals surface area contributed by atoms with E-state index >= 15 is 0 Å². The minimum absolute atomic E-state index is 0.592. The summed E-state index contributed by atoms with van der Waals surface area (Å²) >= 11 is 4.43. The standard InChI is InChI=1S/C17H20INS/c18-17-12-14-15(9-4-10-16(14)20-17)19-11-5-8-13-6-2-1-3-7-13/h1-3,6-7,12,15,19H,4-5,8-11H2. The molecule has 2 aromatic rings. The van der Waals surface area contributed by atoms with Crippen molar-refractivity contribution in [3.05, 3.63) is 55.3 Å². The predicted octanol–water partition coefficient (Wildman–Crippen LogP) is 4.95. The molecule has 0 aliphatic heterocycles. The maximum atomic E-state index is 3.76. The first-order valence-corrected chi connectivity index (χ1v) is 9.28. The monoisotopic (exact) mass is 397 g/mol. The zero-order chi connectivity index (χ0) is 13.8. The molecule has 0 spiro atoms. The third-order valence-corrected chi connectivity index (χ3v) is 5.93. The minimum atomic E-state index is 0.592. The van der Waals surface area contributed by atoms with Crippen molar-refractivity contribution in [1.29, 1.82) is 0 Å². The van der Waals surface area contributed by atoms with Gasteiger partial charge in [-0.25, -0.2) is 0 Å². The van der Waals surface area contributed by atoms with Crippen LogP contribution in [0.1, 0.15) is 41.3 Å². The number of aryl methyl sites for hydroxylation is 2. The minimum Gasteiger partial charge on any atom is -0.310 e. The SMILES string of the molecule is Ic1cc2c(s1)CCCC2NCCCc1ccccc1. The molecule has 0 amide bonds. The molecule has 20 heavy (non-hydrogen) atoms. The number of fused-ring (bicyclic) bond motifs is 1. The molecule has 0 bridgehead atoms. The Morgan fingerprint density at radius 1 is 1.25 bits per heavy atom. The average Bonchev–Trinajstić information content (AvgIpc) is 2.86. The van der Waals surface area contributed by atoms with E-state index in [9.17, 15) is 0 Å². The first-order valence-electron chi connectivity index (χ1n) is 7.38. The summed E-state index contributed by atoms with van der Waals surface area (Å²) < 4.78 is 1.44. The van der Waals surface area contributed by atoms with Gasteiger partial charge in [-0.3, -0.25) is 0 Å². The molecule has 1 aromatic carbocycles. The molecule has 0 radical (unpaired) electrons. The molecule has 1 atom stereocenters.